The molecule has 0 unspecified atom stereocenters. The van der Waals surface area contributed by atoms with Crippen LogP contribution in [0.4, 0.5) is 0 Å². The molecule has 1 saturated carbocycles. The molecule has 1 amide bonds. The predicted molar refractivity (Wildman–Crippen MR) is 108 cm³/mol. The quantitative estimate of drug-likeness (QED) is 0.392. The van der Waals surface area contributed by atoms with Crippen molar-refractivity contribution in [3.05, 3.63) is 23.3 Å². The van der Waals surface area contributed by atoms with Crippen LogP contribution in [0.5, 0.6) is 11.5 Å². The van der Waals surface area contributed by atoms with Gasteiger partial charge in [-0.1, -0.05) is 0 Å². The van der Waals surface area contributed by atoms with Gasteiger partial charge in [-0.15, -0.1) is 0 Å². The van der Waals surface area contributed by atoms with Gasteiger partial charge in [-0.25, -0.2) is 0 Å². The molecule has 2 N–H and O–H groups in total. The Hall–Kier alpha value is -2.44. The van der Waals surface area contributed by atoms with E-state index in [2.05, 4.69) is 27.4 Å². The van der Waals surface area contributed by atoms with Gasteiger partial charge in [0.25, 0.3) is 0 Å². The van der Waals surface area contributed by atoms with Crippen LogP contribution in [0.15, 0.2) is 17.1 Å². The molecule has 0 bridgehead atoms. The van der Waals surface area contributed by atoms with Gasteiger partial charge >= 0.3 is 0 Å². The minimum absolute atomic E-state index is 0.142. The summed E-state index contributed by atoms with van der Waals surface area (Å²) in [6, 6.07) is 4.41. The smallest absolute Gasteiger partial charge is 0.220 e. The second-order valence-electron chi connectivity index (χ2n) is 6.91. The highest BCUT2D eigenvalue weighted by Gasteiger charge is 2.22. The maximum atomic E-state index is 11.7. The molecule has 27 heavy (non-hydrogen) atoms. The van der Waals surface area contributed by atoms with Crippen molar-refractivity contribution in [2.24, 2.45) is 4.99 Å². The van der Waals surface area contributed by atoms with E-state index in [4.69, 9.17) is 9.47 Å². The minimum Gasteiger partial charge on any atom is -0.493 e. The van der Waals surface area contributed by atoms with E-state index < -0.39 is 0 Å². The molecule has 0 aliphatic heterocycles. The number of ether oxygens (including phenoxy) is 2. The van der Waals surface area contributed by atoms with Gasteiger partial charge in [0, 0.05) is 39.6 Å². The van der Waals surface area contributed by atoms with Crippen molar-refractivity contribution in [1.82, 2.24) is 15.5 Å². The average Bonchev–Trinajstić information content (AvgIpc) is 3.46. The molecule has 1 aliphatic carbocycles. The maximum Gasteiger partial charge on any atom is 0.220 e. The summed E-state index contributed by atoms with van der Waals surface area (Å²) in [4.78, 5) is 18.1. The number of amides is 1. The Bertz CT molecular complexity index is 671. The average molecular weight is 377 g/mol. The Morgan fingerprint density at radius 3 is 2.52 bits per heavy atom. The number of nitrogens with zero attached hydrogens (tertiary/aromatic N) is 2. The number of carbonyl (C=O) groups excluding carboxylic acids is 1. The van der Waals surface area contributed by atoms with E-state index in [-0.39, 0.29) is 5.91 Å². The number of nitrogens with one attached hydrogen (secondary N) is 2. The second kappa shape index (κ2) is 10.0. The Labute approximate surface area is 162 Å². The fraction of sp³-hybridized carbons (Fsp3) is 0.600. The zero-order valence-corrected chi connectivity index (χ0v) is 17.1. The first-order valence-corrected chi connectivity index (χ1v) is 9.41. The van der Waals surface area contributed by atoms with Gasteiger partial charge in [-0.05, 0) is 49.4 Å². The van der Waals surface area contributed by atoms with Gasteiger partial charge in [0.2, 0.25) is 5.91 Å². The molecule has 0 spiro atoms. The van der Waals surface area contributed by atoms with Crippen LogP contribution in [0.25, 0.3) is 0 Å². The molecule has 7 nitrogen and oxygen atoms in total. The SMILES string of the molecule is CN=C(NCCCC(=O)NC1CC1)N(C)Cc1cc(OC)c(OC)cc1C. The van der Waals surface area contributed by atoms with Crippen LogP contribution >= 0.6 is 0 Å². The van der Waals surface area contributed by atoms with Crippen LogP contribution in [-0.4, -0.2) is 57.7 Å². The fourth-order valence-electron chi connectivity index (χ4n) is 2.88. The molecule has 0 saturated heterocycles. The minimum atomic E-state index is 0.142. The van der Waals surface area contributed by atoms with Crippen molar-refractivity contribution in [2.75, 3.05) is 34.9 Å². The summed E-state index contributed by atoms with van der Waals surface area (Å²) in [6.45, 7) is 3.45. The highest BCUT2D eigenvalue weighted by Crippen LogP contribution is 2.30. The summed E-state index contributed by atoms with van der Waals surface area (Å²) in [5.41, 5.74) is 2.27. The summed E-state index contributed by atoms with van der Waals surface area (Å²) in [5, 5.41) is 6.33. The molecule has 0 aromatic heterocycles. The zero-order valence-electron chi connectivity index (χ0n) is 17.1. The second-order valence-corrected chi connectivity index (χ2v) is 6.91. The number of rotatable bonds is 9. The molecule has 0 atom stereocenters. The summed E-state index contributed by atoms with van der Waals surface area (Å²) in [6.07, 6.45) is 3.56. The van der Waals surface area contributed by atoms with Crippen LogP contribution in [0, 0.1) is 6.92 Å². The number of aliphatic imine (C=N–C) groups is 1. The summed E-state index contributed by atoms with van der Waals surface area (Å²) >= 11 is 0. The monoisotopic (exact) mass is 376 g/mol. The lowest BCUT2D eigenvalue weighted by atomic mass is 10.1. The number of hydrogen-bond acceptors (Lipinski definition) is 4. The van der Waals surface area contributed by atoms with Crippen LogP contribution in [-0.2, 0) is 11.3 Å². The van der Waals surface area contributed by atoms with Gasteiger partial charge in [0.15, 0.2) is 17.5 Å². The number of methoxy groups -OCH3 is 2. The number of benzene rings is 1. The lowest BCUT2D eigenvalue weighted by Gasteiger charge is -2.23. The van der Waals surface area contributed by atoms with E-state index in [0.717, 1.165) is 47.8 Å². The van der Waals surface area contributed by atoms with Crippen molar-refractivity contribution in [3.8, 4) is 11.5 Å². The van der Waals surface area contributed by atoms with E-state index >= 15 is 0 Å². The van der Waals surface area contributed by atoms with E-state index in [1.807, 2.05) is 19.2 Å². The van der Waals surface area contributed by atoms with Crippen LogP contribution in [0.1, 0.15) is 36.8 Å². The van der Waals surface area contributed by atoms with E-state index in [1.165, 1.54) is 0 Å². The molecular formula is C20H32N4O3. The molecule has 1 fully saturated rings. The number of hydrogen-bond donors (Lipinski definition) is 2. The Morgan fingerprint density at radius 2 is 1.93 bits per heavy atom. The Morgan fingerprint density at radius 1 is 1.26 bits per heavy atom. The topological polar surface area (TPSA) is 75.2 Å². The summed E-state index contributed by atoms with van der Waals surface area (Å²) in [5.74, 6) is 2.39. The normalized spacial score (nSPS) is 13.9. The highest BCUT2D eigenvalue weighted by atomic mass is 16.5. The van der Waals surface area contributed by atoms with Crippen molar-refractivity contribution in [3.63, 3.8) is 0 Å². The van der Waals surface area contributed by atoms with E-state index in [0.29, 0.717) is 25.6 Å². The van der Waals surface area contributed by atoms with Gasteiger partial charge in [0.1, 0.15) is 0 Å². The van der Waals surface area contributed by atoms with Crippen molar-refractivity contribution in [2.45, 2.75) is 45.2 Å². The van der Waals surface area contributed by atoms with Gasteiger partial charge in [-0.3, -0.25) is 9.79 Å². The summed E-state index contributed by atoms with van der Waals surface area (Å²) in [7, 11) is 7.03. The largest absolute Gasteiger partial charge is 0.493 e. The number of aryl methyl sites for hydroxylation is 1. The van der Waals surface area contributed by atoms with Gasteiger partial charge in [0.05, 0.1) is 14.2 Å². The molecule has 1 aromatic rings. The van der Waals surface area contributed by atoms with Crippen LogP contribution < -0.4 is 20.1 Å². The highest BCUT2D eigenvalue weighted by molar-refractivity contribution is 5.80. The van der Waals surface area contributed by atoms with Crippen molar-refractivity contribution in [1.29, 1.82) is 0 Å². The molecule has 150 valence electrons. The van der Waals surface area contributed by atoms with Crippen LogP contribution in [0.3, 0.4) is 0 Å². The van der Waals surface area contributed by atoms with Crippen molar-refractivity contribution >= 4 is 11.9 Å². The zero-order chi connectivity index (χ0) is 19.8. The first kappa shape index (κ1) is 20.9. The number of carbonyl (C=O) groups is 1. The lowest BCUT2D eigenvalue weighted by Crippen LogP contribution is -2.39. The standard InChI is InChI=1S/C20H32N4O3/c1-14-11-17(26-4)18(27-5)12-15(14)13-24(3)20(21-2)22-10-6-7-19(25)23-16-8-9-16/h11-12,16H,6-10,13H2,1-5H3,(H,21,22)(H,23,25). The van der Waals surface area contributed by atoms with E-state index in [9.17, 15) is 4.79 Å². The third-order valence-electron chi connectivity index (χ3n) is 4.63. The van der Waals surface area contributed by atoms with Gasteiger partial charge in [-0.2, -0.15) is 0 Å². The first-order chi connectivity index (χ1) is 13.0. The third kappa shape index (κ3) is 6.34. The van der Waals surface area contributed by atoms with E-state index in [1.54, 1.807) is 21.3 Å². The third-order valence-corrected chi connectivity index (χ3v) is 4.63. The lowest BCUT2D eigenvalue weighted by molar-refractivity contribution is -0.121. The molecule has 0 heterocycles. The molecule has 1 aromatic carbocycles. The van der Waals surface area contributed by atoms with Crippen LogP contribution in [0.2, 0.25) is 0 Å². The van der Waals surface area contributed by atoms with Gasteiger partial charge < -0.3 is 25.0 Å². The fourth-order valence-corrected chi connectivity index (χ4v) is 2.88. The van der Waals surface area contributed by atoms with Crippen molar-refractivity contribution < 1.29 is 14.3 Å². The first-order valence-electron chi connectivity index (χ1n) is 9.41. The Kier molecular flexibility index (Phi) is 7.76. The number of guanidine groups is 1. The Balaban J connectivity index is 1.85. The molecule has 2 rings (SSSR count). The predicted octanol–water partition coefficient (Wildman–Crippen LogP) is 2.08. The molecular weight excluding hydrogens is 344 g/mol. The molecule has 0 radical (unpaired) electrons. The molecule has 7 heteroatoms. The maximum absolute atomic E-state index is 11.7. The molecule has 1 aliphatic rings. The summed E-state index contributed by atoms with van der Waals surface area (Å²) < 4.78 is 10.8.